The Balaban J connectivity index is 1.70. The Morgan fingerprint density at radius 2 is 1.80 bits per heavy atom. The summed E-state index contributed by atoms with van der Waals surface area (Å²) in [5, 5.41) is 9.88. The van der Waals surface area contributed by atoms with Crippen LogP contribution in [0.5, 0.6) is 5.75 Å². The molecule has 3 rings (SSSR count). The molecule has 0 spiro atoms. The van der Waals surface area contributed by atoms with Crippen molar-refractivity contribution in [2.24, 2.45) is 0 Å². The van der Waals surface area contributed by atoms with Crippen LogP contribution in [-0.4, -0.2) is 47.1 Å². The molecule has 0 aliphatic carbocycles. The number of phenols is 1. The van der Waals surface area contributed by atoms with Gasteiger partial charge in [-0.3, -0.25) is 9.80 Å². The van der Waals surface area contributed by atoms with E-state index in [0.717, 1.165) is 23.7 Å². The molecule has 110 valence electrons. The van der Waals surface area contributed by atoms with Gasteiger partial charge in [0.05, 0.1) is 0 Å². The number of phenolic OH excluding ortho intramolecular Hbond substituents is 1. The molecule has 2 saturated heterocycles. The molecule has 1 N–H and O–H groups in total. The van der Waals surface area contributed by atoms with Gasteiger partial charge in [-0.2, -0.15) is 0 Å². The first-order chi connectivity index (χ1) is 9.63. The van der Waals surface area contributed by atoms with Gasteiger partial charge in [-0.25, -0.2) is 0 Å². The van der Waals surface area contributed by atoms with E-state index >= 15 is 0 Å². The SMILES string of the molecule is Cc1cc(CN2CCCN3CCCC3C2)cc(C)c1O. The van der Waals surface area contributed by atoms with Gasteiger partial charge in [-0.05, 0) is 69.4 Å². The van der Waals surface area contributed by atoms with Gasteiger partial charge in [0.15, 0.2) is 0 Å². The number of aryl methyl sites for hydroxylation is 2. The highest BCUT2D eigenvalue weighted by molar-refractivity contribution is 5.42. The second-order valence-electron chi connectivity index (χ2n) is 6.50. The molecular weight excluding hydrogens is 248 g/mol. The average Bonchev–Trinajstić information content (AvgIpc) is 2.75. The van der Waals surface area contributed by atoms with Gasteiger partial charge in [0.1, 0.15) is 5.75 Å². The van der Waals surface area contributed by atoms with Gasteiger partial charge >= 0.3 is 0 Å². The minimum Gasteiger partial charge on any atom is -0.507 e. The van der Waals surface area contributed by atoms with Gasteiger partial charge in [0.2, 0.25) is 0 Å². The van der Waals surface area contributed by atoms with Crippen molar-refractivity contribution in [2.75, 3.05) is 26.2 Å². The Labute approximate surface area is 122 Å². The number of fused-ring (bicyclic) bond motifs is 1. The molecule has 3 heteroatoms. The van der Waals surface area contributed by atoms with E-state index in [4.69, 9.17) is 0 Å². The van der Waals surface area contributed by atoms with Crippen LogP contribution < -0.4 is 0 Å². The van der Waals surface area contributed by atoms with Crippen LogP contribution in [0.3, 0.4) is 0 Å². The summed E-state index contributed by atoms with van der Waals surface area (Å²) in [6.45, 7) is 9.99. The lowest BCUT2D eigenvalue weighted by atomic mass is 10.0. The molecule has 0 radical (unpaired) electrons. The van der Waals surface area contributed by atoms with E-state index in [2.05, 4.69) is 21.9 Å². The molecule has 1 atom stereocenters. The fourth-order valence-electron chi connectivity index (χ4n) is 3.82. The standard InChI is InChI=1S/C17H26N2O/c1-13-9-15(10-14(2)17(13)20)11-18-6-4-8-19-7-3-5-16(19)12-18/h9-10,16,20H,3-8,11-12H2,1-2H3. The summed E-state index contributed by atoms with van der Waals surface area (Å²) in [4.78, 5) is 5.27. The van der Waals surface area contributed by atoms with E-state index < -0.39 is 0 Å². The molecule has 20 heavy (non-hydrogen) atoms. The van der Waals surface area contributed by atoms with Gasteiger partial charge in [0, 0.05) is 19.1 Å². The molecule has 0 aromatic heterocycles. The van der Waals surface area contributed by atoms with Crippen LogP contribution in [0.15, 0.2) is 12.1 Å². The molecule has 1 aromatic rings. The third kappa shape index (κ3) is 2.84. The maximum absolute atomic E-state index is 9.88. The molecule has 0 bridgehead atoms. The third-order valence-corrected chi connectivity index (χ3v) is 4.84. The Morgan fingerprint density at radius 1 is 1.10 bits per heavy atom. The van der Waals surface area contributed by atoms with E-state index in [9.17, 15) is 5.11 Å². The summed E-state index contributed by atoms with van der Waals surface area (Å²) in [7, 11) is 0. The largest absolute Gasteiger partial charge is 0.507 e. The summed E-state index contributed by atoms with van der Waals surface area (Å²) in [6.07, 6.45) is 4.02. The first-order valence-electron chi connectivity index (χ1n) is 7.89. The van der Waals surface area contributed by atoms with Crippen LogP contribution in [0, 0.1) is 13.8 Å². The number of rotatable bonds is 2. The fraction of sp³-hybridized carbons (Fsp3) is 0.647. The Bertz CT molecular complexity index is 463. The van der Waals surface area contributed by atoms with Gasteiger partial charge < -0.3 is 5.11 Å². The van der Waals surface area contributed by atoms with Crippen LogP contribution >= 0.6 is 0 Å². The van der Waals surface area contributed by atoms with E-state index in [1.807, 2.05) is 13.8 Å². The second-order valence-corrected chi connectivity index (χ2v) is 6.50. The van der Waals surface area contributed by atoms with E-state index in [1.165, 1.54) is 51.0 Å². The lowest BCUT2D eigenvalue weighted by Gasteiger charge is -2.26. The van der Waals surface area contributed by atoms with Crippen molar-refractivity contribution >= 4 is 0 Å². The maximum Gasteiger partial charge on any atom is 0.121 e. The molecule has 2 heterocycles. The van der Waals surface area contributed by atoms with Crippen LogP contribution in [-0.2, 0) is 6.54 Å². The Morgan fingerprint density at radius 3 is 2.55 bits per heavy atom. The average molecular weight is 274 g/mol. The molecule has 0 amide bonds. The highest BCUT2D eigenvalue weighted by atomic mass is 16.3. The second kappa shape index (κ2) is 5.74. The number of hydrogen-bond donors (Lipinski definition) is 1. The smallest absolute Gasteiger partial charge is 0.121 e. The van der Waals surface area contributed by atoms with Crippen molar-refractivity contribution in [2.45, 2.75) is 45.7 Å². The fourth-order valence-corrected chi connectivity index (χ4v) is 3.82. The summed E-state index contributed by atoms with van der Waals surface area (Å²) in [5.41, 5.74) is 3.33. The van der Waals surface area contributed by atoms with Crippen molar-refractivity contribution in [1.82, 2.24) is 9.80 Å². The molecule has 1 unspecified atom stereocenters. The molecule has 2 aliphatic heterocycles. The zero-order valence-electron chi connectivity index (χ0n) is 12.7. The summed E-state index contributed by atoms with van der Waals surface area (Å²) in [5.74, 6) is 0.451. The zero-order chi connectivity index (χ0) is 14.1. The summed E-state index contributed by atoms with van der Waals surface area (Å²) >= 11 is 0. The minimum absolute atomic E-state index is 0.451. The van der Waals surface area contributed by atoms with Crippen molar-refractivity contribution in [3.8, 4) is 5.75 Å². The molecule has 2 aliphatic rings. The van der Waals surface area contributed by atoms with Crippen LogP contribution in [0.2, 0.25) is 0 Å². The molecule has 1 aromatic carbocycles. The van der Waals surface area contributed by atoms with Crippen molar-refractivity contribution < 1.29 is 5.11 Å². The van der Waals surface area contributed by atoms with Gasteiger partial charge in [0.25, 0.3) is 0 Å². The normalized spacial score (nSPS) is 24.6. The van der Waals surface area contributed by atoms with Gasteiger partial charge in [-0.1, -0.05) is 12.1 Å². The lowest BCUT2D eigenvalue weighted by Crippen LogP contribution is -2.36. The number of aromatic hydroxyl groups is 1. The van der Waals surface area contributed by atoms with Crippen molar-refractivity contribution in [3.05, 3.63) is 28.8 Å². The van der Waals surface area contributed by atoms with Crippen LogP contribution in [0.4, 0.5) is 0 Å². The van der Waals surface area contributed by atoms with E-state index in [-0.39, 0.29) is 0 Å². The predicted molar refractivity (Wildman–Crippen MR) is 82.1 cm³/mol. The van der Waals surface area contributed by atoms with E-state index in [1.54, 1.807) is 0 Å². The number of benzene rings is 1. The first-order valence-corrected chi connectivity index (χ1v) is 7.89. The predicted octanol–water partition coefficient (Wildman–Crippen LogP) is 2.68. The maximum atomic E-state index is 9.88. The number of hydrogen-bond acceptors (Lipinski definition) is 3. The lowest BCUT2D eigenvalue weighted by molar-refractivity contribution is 0.215. The molecular formula is C17H26N2O. The molecule has 3 nitrogen and oxygen atoms in total. The highest BCUT2D eigenvalue weighted by Gasteiger charge is 2.28. The highest BCUT2D eigenvalue weighted by Crippen LogP contribution is 2.25. The molecule has 2 fully saturated rings. The quantitative estimate of drug-likeness (QED) is 0.898. The monoisotopic (exact) mass is 274 g/mol. The van der Waals surface area contributed by atoms with E-state index in [0.29, 0.717) is 5.75 Å². The topological polar surface area (TPSA) is 26.7 Å². The Hall–Kier alpha value is -1.06. The Kier molecular flexibility index (Phi) is 3.99. The zero-order valence-corrected chi connectivity index (χ0v) is 12.7. The molecule has 0 saturated carbocycles. The van der Waals surface area contributed by atoms with Crippen molar-refractivity contribution in [1.29, 1.82) is 0 Å². The summed E-state index contributed by atoms with van der Waals surface area (Å²) in [6, 6.07) is 5.05. The minimum atomic E-state index is 0.451. The first kappa shape index (κ1) is 13.9. The van der Waals surface area contributed by atoms with Crippen molar-refractivity contribution in [3.63, 3.8) is 0 Å². The third-order valence-electron chi connectivity index (χ3n) is 4.84. The van der Waals surface area contributed by atoms with Crippen LogP contribution in [0.1, 0.15) is 36.0 Å². The van der Waals surface area contributed by atoms with Gasteiger partial charge in [-0.15, -0.1) is 0 Å². The number of nitrogens with zero attached hydrogens (tertiary/aromatic N) is 2. The summed E-state index contributed by atoms with van der Waals surface area (Å²) < 4.78 is 0. The van der Waals surface area contributed by atoms with Crippen LogP contribution in [0.25, 0.3) is 0 Å².